The molecule has 274 valence electrons. The van der Waals surface area contributed by atoms with Crippen molar-refractivity contribution in [3.63, 3.8) is 0 Å². The van der Waals surface area contributed by atoms with Gasteiger partial charge in [-0.2, -0.15) is 0 Å². The first-order valence-corrected chi connectivity index (χ1v) is 14.2. The minimum atomic E-state index is -1.73. The zero-order valence-electron chi connectivity index (χ0n) is 25.4. The Morgan fingerprint density at radius 2 is 1.21 bits per heavy atom. The fourth-order valence-corrected chi connectivity index (χ4v) is 3.27. The Hall–Kier alpha value is -3.97. The lowest BCUT2D eigenvalue weighted by molar-refractivity contribution is -0.384. The number of non-ortho nitro benzene ring substituents is 1. The van der Waals surface area contributed by atoms with Crippen LogP contribution in [0.25, 0.3) is 0 Å². The molecule has 0 fully saturated rings. The maximum Gasteiger partial charge on any atom is 0.513 e. The van der Waals surface area contributed by atoms with Crippen LogP contribution in [0.5, 0.6) is 5.75 Å². The van der Waals surface area contributed by atoms with E-state index in [9.17, 15) is 55.1 Å². The van der Waals surface area contributed by atoms with Crippen molar-refractivity contribution in [3.05, 3.63) is 34.4 Å². The van der Waals surface area contributed by atoms with E-state index >= 15 is 0 Å². The third kappa shape index (κ3) is 17.3. The second-order valence-corrected chi connectivity index (χ2v) is 9.63. The number of rotatable bonds is 23. The fourth-order valence-electron chi connectivity index (χ4n) is 3.27. The minimum absolute atomic E-state index is 0.0516. The maximum atomic E-state index is 12.1. The molecule has 0 radical (unpaired) electrons. The van der Waals surface area contributed by atoms with E-state index in [4.69, 9.17) is 38.6 Å². The molecule has 22 heteroatoms. The predicted octanol–water partition coefficient (Wildman–Crippen LogP) is -3.89. The van der Waals surface area contributed by atoms with Crippen LogP contribution in [0.15, 0.2) is 24.3 Å². The Balaban J connectivity index is 2.53. The zero-order chi connectivity index (χ0) is 36.1. The number of hydrogen-bond donors (Lipinski definition) is 10. The first kappa shape index (κ1) is 42.1. The number of aliphatic hydroxyl groups excluding tert-OH is 8. The van der Waals surface area contributed by atoms with E-state index in [1.165, 1.54) is 12.1 Å². The number of nitrogens with zero attached hydrogens (tertiary/aromatic N) is 1. The molecule has 0 saturated carbocycles. The third-order valence-electron chi connectivity index (χ3n) is 5.93. The highest BCUT2D eigenvalue weighted by atomic mass is 16.7. The Kier molecular flexibility index (Phi) is 20.5. The number of nitro groups is 1. The number of carbonyl (C=O) groups is 3. The van der Waals surface area contributed by atoms with E-state index in [0.717, 1.165) is 12.1 Å². The van der Waals surface area contributed by atoms with Crippen LogP contribution in [0.4, 0.5) is 20.1 Å². The highest BCUT2D eigenvalue weighted by molar-refractivity contribution is 5.67. The summed E-state index contributed by atoms with van der Waals surface area (Å²) in [6, 6.07) is 4.56. The van der Waals surface area contributed by atoms with Crippen LogP contribution in [0.1, 0.15) is 0 Å². The number of alkyl carbamates (subject to hydrolysis) is 2. The molecule has 48 heavy (non-hydrogen) atoms. The molecule has 1 aromatic carbocycles. The van der Waals surface area contributed by atoms with Crippen LogP contribution in [0.2, 0.25) is 0 Å². The van der Waals surface area contributed by atoms with Gasteiger partial charge in [0.05, 0.1) is 50.2 Å². The Bertz CT molecular complexity index is 1100. The second kappa shape index (κ2) is 23.4. The number of nitrogens with one attached hydrogen (secondary N) is 2. The van der Waals surface area contributed by atoms with Crippen LogP contribution in [0.3, 0.4) is 0 Å². The minimum Gasteiger partial charge on any atom is -0.447 e. The van der Waals surface area contributed by atoms with Crippen molar-refractivity contribution in [2.75, 3.05) is 65.9 Å². The zero-order valence-corrected chi connectivity index (χ0v) is 25.4. The van der Waals surface area contributed by atoms with Gasteiger partial charge in [-0.25, -0.2) is 14.4 Å². The van der Waals surface area contributed by atoms with Gasteiger partial charge in [-0.3, -0.25) is 10.1 Å². The van der Waals surface area contributed by atoms with Gasteiger partial charge in [0.2, 0.25) is 0 Å². The average Bonchev–Trinajstić information content (AvgIpc) is 3.08. The van der Waals surface area contributed by atoms with E-state index in [-0.39, 0.29) is 44.5 Å². The molecule has 0 aliphatic rings. The Labute approximate surface area is 272 Å². The molecule has 0 bridgehead atoms. The molecule has 7 unspecified atom stereocenters. The molecule has 0 aromatic heterocycles. The fraction of sp³-hybridized carbons (Fsp3) is 0.654. The van der Waals surface area contributed by atoms with E-state index in [2.05, 4.69) is 10.6 Å². The van der Waals surface area contributed by atoms with Crippen LogP contribution in [0, 0.1) is 10.1 Å². The van der Waals surface area contributed by atoms with Gasteiger partial charge < -0.3 is 79.9 Å². The molecular weight excluding hydrogens is 658 g/mol. The van der Waals surface area contributed by atoms with Gasteiger partial charge in [0.15, 0.2) is 0 Å². The molecular formula is C26H41N3O19. The molecule has 1 aromatic rings. The number of ether oxygens (including phenoxy) is 6. The number of nitro benzene ring substituents is 1. The summed E-state index contributed by atoms with van der Waals surface area (Å²) in [4.78, 5) is 45.8. The lowest BCUT2D eigenvalue weighted by Gasteiger charge is -2.21. The lowest BCUT2D eigenvalue weighted by atomic mass is 10.1. The van der Waals surface area contributed by atoms with E-state index in [1.54, 1.807) is 0 Å². The molecule has 0 saturated heterocycles. The number of aliphatic hydroxyl groups is 8. The standard InChI is InChI=1S/C26H41N3O19/c30-11-20(34)22(36)18(32)9-27-24(38)45-6-5-43-13-17(14-47-26(40)48-16-3-1-15(2-4-16)29(41)42)44-7-8-46-25(39)28-10-19(33)23(37)21(35)12-31/h1-4,17-23,30-37H,5-14H2,(H,27,38)(H,28,39). The largest absolute Gasteiger partial charge is 0.513 e. The summed E-state index contributed by atoms with van der Waals surface area (Å²) < 4.78 is 30.5. The number of benzene rings is 1. The molecule has 7 atom stereocenters. The Morgan fingerprint density at radius 3 is 1.69 bits per heavy atom. The van der Waals surface area contributed by atoms with Crippen molar-refractivity contribution >= 4 is 24.0 Å². The van der Waals surface area contributed by atoms with Crippen LogP contribution >= 0.6 is 0 Å². The monoisotopic (exact) mass is 699 g/mol. The van der Waals surface area contributed by atoms with Crippen molar-refractivity contribution in [2.24, 2.45) is 0 Å². The van der Waals surface area contributed by atoms with E-state index in [1.807, 2.05) is 0 Å². The Morgan fingerprint density at radius 1 is 0.708 bits per heavy atom. The smallest absolute Gasteiger partial charge is 0.447 e. The van der Waals surface area contributed by atoms with Crippen LogP contribution in [-0.4, -0.2) is 173 Å². The van der Waals surface area contributed by atoms with Crippen molar-refractivity contribution in [1.82, 2.24) is 10.6 Å². The summed E-state index contributed by atoms with van der Waals surface area (Å²) >= 11 is 0. The van der Waals surface area contributed by atoms with Crippen molar-refractivity contribution in [3.8, 4) is 5.75 Å². The van der Waals surface area contributed by atoms with Crippen molar-refractivity contribution in [2.45, 2.75) is 42.7 Å². The summed E-state index contributed by atoms with van der Waals surface area (Å²) in [5, 5.41) is 89.8. The van der Waals surface area contributed by atoms with Gasteiger partial charge in [-0.15, -0.1) is 0 Å². The van der Waals surface area contributed by atoms with E-state index < -0.39 is 98.9 Å². The van der Waals surface area contributed by atoms with E-state index in [0.29, 0.717) is 0 Å². The molecule has 0 heterocycles. The van der Waals surface area contributed by atoms with Gasteiger partial charge >= 0.3 is 18.3 Å². The van der Waals surface area contributed by atoms with Gasteiger partial charge in [-0.1, -0.05) is 0 Å². The topological polar surface area (TPSA) is 336 Å². The third-order valence-corrected chi connectivity index (χ3v) is 5.93. The number of carbonyl (C=O) groups excluding carboxylic acids is 3. The lowest BCUT2D eigenvalue weighted by Crippen LogP contribution is -2.46. The molecule has 2 amide bonds. The molecule has 1 rings (SSSR count). The van der Waals surface area contributed by atoms with Gasteiger partial charge in [0.25, 0.3) is 5.69 Å². The van der Waals surface area contributed by atoms with Gasteiger partial charge in [0, 0.05) is 25.2 Å². The van der Waals surface area contributed by atoms with Crippen LogP contribution in [-0.2, 0) is 23.7 Å². The van der Waals surface area contributed by atoms with Crippen LogP contribution < -0.4 is 15.4 Å². The molecule has 22 nitrogen and oxygen atoms in total. The summed E-state index contributed by atoms with van der Waals surface area (Å²) in [6.45, 7) is -4.51. The molecule has 10 N–H and O–H groups in total. The number of amides is 2. The highest BCUT2D eigenvalue weighted by Gasteiger charge is 2.25. The first-order valence-electron chi connectivity index (χ1n) is 14.2. The normalized spacial score (nSPS) is 15.5. The number of hydrogen-bond acceptors (Lipinski definition) is 19. The summed E-state index contributed by atoms with van der Waals surface area (Å²) in [6.07, 6.45) is -14.1. The van der Waals surface area contributed by atoms with Gasteiger partial charge in [0.1, 0.15) is 56.1 Å². The quantitative estimate of drug-likeness (QED) is 0.0130. The van der Waals surface area contributed by atoms with Crippen molar-refractivity contribution < 1.29 is 88.6 Å². The predicted molar refractivity (Wildman–Crippen MR) is 155 cm³/mol. The molecule has 0 aliphatic heterocycles. The second-order valence-electron chi connectivity index (χ2n) is 9.63. The summed E-state index contributed by atoms with van der Waals surface area (Å²) in [7, 11) is 0. The van der Waals surface area contributed by atoms with Crippen molar-refractivity contribution in [1.29, 1.82) is 0 Å². The highest BCUT2D eigenvalue weighted by Crippen LogP contribution is 2.17. The average molecular weight is 700 g/mol. The summed E-state index contributed by atoms with van der Waals surface area (Å²) in [5.74, 6) is -0.0516. The summed E-state index contributed by atoms with van der Waals surface area (Å²) in [5.41, 5.74) is -0.234. The first-order chi connectivity index (χ1) is 22.8. The maximum absolute atomic E-state index is 12.1. The molecule has 0 aliphatic carbocycles. The van der Waals surface area contributed by atoms with Gasteiger partial charge in [-0.05, 0) is 12.1 Å². The SMILES string of the molecule is O=C(NCC(O)C(O)C(O)CO)OCCOCC(COC(=O)Oc1ccc([N+](=O)[O-])cc1)OCCOC(=O)NCC(O)C(O)C(O)CO. The molecule has 0 spiro atoms.